The largest absolute Gasteiger partial charge is 0.508 e. The van der Waals surface area contributed by atoms with E-state index in [1.54, 1.807) is 12.1 Å². The van der Waals surface area contributed by atoms with E-state index in [1.165, 1.54) is 180 Å². The van der Waals surface area contributed by atoms with Crippen LogP contribution in [0.2, 0.25) is 0 Å². The molecule has 0 amide bonds. The van der Waals surface area contributed by atoms with E-state index in [-0.39, 0.29) is 12.0 Å². The Morgan fingerprint density at radius 1 is 0.449 bits per heavy atom. The van der Waals surface area contributed by atoms with Crippen LogP contribution in [0, 0.1) is 0 Å². The first-order chi connectivity index (χ1) is 24.1. The lowest BCUT2D eigenvalue weighted by Crippen LogP contribution is -2.33. The number of ether oxygens (including phenoxy) is 2. The lowest BCUT2D eigenvalue weighted by Gasteiger charge is -2.27. The van der Waals surface area contributed by atoms with Crippen molar-refractivity contribution in [3.63, 3.8) is 0 Å². The molecule has 0 heterocycles. The highest BCUT2D eigenvalue weighted by atomic mass is 16.7. The maximum absolute atomic E-state index is 9.83. The van der Waals surface area contributed by atoms with Gasteiger partial charge in [-0.1, -0.05) is 156 Å². The van der Waals surface area contributed by atoms with E-state index in [4.69, 9.17) is 9.47 Å². The Bertz CT molecular complexity index is 757. The van der Waals surface area contributed by atoms with E-state index in [9.17, 15) is 5.11 Å². The second-order valence-electron chi connectivity index (χ2n) is 14.8. The first kappa shape index (κ1) is 45.7. The summed E-state index contributed by atoms with van der Waals surface area (Å²) in [7, 11) is 0. The number of nitrogens with zero attached hydrogens (tertiary/aromatic N) is 2. The first-order valence-corrected chi connectivity index (χ1v) is 21.6. The molecule has 5 heteroatoms. The molecule has 0 spiro atoms. The van der Waals surface area contributed by atoms with Crippen molar-refractivity contribution >= 4 is 0 Å². The summed E-state index contributed by atoms with van der Waals surface area (Å²) in [5.74, 6) is 1.04. The first-order valence-electron chi connectivity index (χ1n) is 21.6. The van der Waals surface area contributed by atoms with Gasteiger partial charge in [0.2, 0.25) is 6.29 Å². The summed E-state index contributed by atoms with van der Waals surface area (Å²) in [5.41, 5.74) is 0. The predicted octanol–water partition coefficient (Wildman–Crippen LogP) is 12.9. The van der Waals surface area contributed by atoms with Crippen LogP contribution in [-0.4, -0.2) is 67.1 Å². The SMILES string of the molecule is CCCCCCCCN(CCCCCCCC)CCCOC(CCN(CCCCCCCC)CCCCCCCC)Oc1ccc(O)cc1. The van der Waals surface area contributed by atoms with Crippen molar-refractivity contribution in [2.75, 3.05) is 45.9 Å². The Morgan fingerprint density at radius 2 is 0.796 bits per heavy atom. The van der Waals surface area contributed by atoms with Crippen molar-refractivity contribution < 1.29 is 14.6 Å². The van der Waals surface area contributed by atoms with Gasteiger partial charge in [-0.3, -0.25) is 0 Å². The zero-order valence-electron chi connectivity index (χ0n) is 33.4. The molecule has 0 aliphatic heterocycles. The number of phenols is 1. The molecular formula is C44H84N2O3. The van der Waals surface area contributed by atoms with Crippen LogP contribution in [0.4, 0.5) is 0 Å². The Labute approximate surface area is 306 Å². The predicted molar refractivity (Wildman–Crippen MR) is 214 cm³/mol. The molecule has 0 bridgehead atoms. The lowest BCUT2D eigenvalue weighted by molar-refractivity contribution is -0.0897. The number of rotatable bonds is 38. The summed E-state index contributed by atoms with van der Waals surface area (Å²) in [6.07, 6.45) is 34.0. The number of benzene rings is 1. The van der Waals surface area contributed by atoms with Gasteiger partial charge in [-0.15, -0.1) is 0 Å². The zero-order valence-corrected chi connectivity index (χ0v) is 33.4. The molecule has 1 aromatic rings. The normalized spacial score (nSPS) is 12.4. The minimum Gasteiger partial charge on any atom is -0.508 e. The third-order valence-electron chi connectivity index (χ3n) is 10.0. The monoisotopic (exact) mass is 689 g/mol. The number of aromatic hydroxyl groups is 1. The molecule has 0 saturated carbocycles. The Morgan fingerprint density at radius 3 is 1.20 bits per heavy atom. The van der Waals surface area contributed by atoms with Gasteiger partial charge >= 0.3 is 0 Å². The molecule has 0 fully saturated rings. The molecule has 0 aliphatic rings. The Kier molecular flexibility index (Phi) is 32.8. The highest BCUT2D eigenvalue weighted by Gasteiger charge is 2.15. The zero-order chi connectivity index (χ0) is 35.5. The summed E-state index contributed by atoms with van der Waals surface area (Å²) in [5, 5.41) is 9.83. The second-order valence-corrected chi connectivity index (χ2v) is 14.8. The molecule has 0 radical (unpaired) electrons. The van der Waals surface area contributed by atoms with Crippen molar-refractivity contribution in [3.8, 4) is 11.5 Å². The van der Waals surface area contributed by atoms with E-state index in [1.807, 2.05) is 12.1 Å². The fourth-order valence-corrected chi connectivity index (χ4v) is 6.78. The molecule has 0 aromatic heterocycles. The van der Waals surface area contributed by atoms with Gasteiger partial charge in [0.25, 0.3) is 0 Å². The number of unbranched alkanes of at least 4 members (excludes halogenated alkanes) is 20. The standard InChI is InChI=1S/C44H84N2O3/c1-5-9-13-17-21-25-35-45(36-26-22-18-14-10-6-2)39-29-41-48-44(49-43-32-30-42(47)31-33-43)34-40-46(37-27-23-19-15-11-7-3)38-28-24-20-16-12-8-4/h30-33,44,47H,5-29,34-41H2,1-4H3. The number of hydrogen-bond acceptors (Lipinski definition) is 5. The van der Waals surface area contributed by atoms with Crippen molar-refractivity contribution in [2.45, 2.75) is 201 Å². The van der Waals surface area contributed by atoms with Gasteiger partial charge in [-0.05, 0) is 82.5 Å². The van der Waals surface area contributed by atoms with Crippen LogP contribution in [0.25, 0.3) is 0 Å². The van der Waals surface area contributed by atoms with Crippen LogP contribution < -0.4 is 4.74 Å². The van der Waals surface area contributed by atoms with Crippen molar-refractivity contribution in [2.24, 2.45) is 0 Å². The smallest absolute Gasteiger partial charge is 0.201 e. The topological polar surface area (TPSA) is 45.2 Å². The van der Waals surface area contributed by atoms with Crippen molar-refractivity contribution in [1.29, 1.82) is 0 Å². The summed E-state index contributed by atoms with van der Waals surface area (Å²) in [6.45, 7) is 16.8. The highest BCUT2D eigenvalue weighted by Crippen LogP contribution is 2.20. The molecule has 5 nitrogen and oxygen atoms in total. The maximum Gasteiger partial charge on any atom is 0.201 e. The number of hydrogen-bond donors (Lipinski definition) is 1. The van der Waals surface area contributed by atoms with Crippen LogP contribution in [0.3, 0.4) is 0 Å². The molecule has 1 unspecified atom stereocenters. The van der Waals surface area contributed by atoms with E-state index in [2.05, 4.69) is 37.5 Å². The molecule has 49 heavy (non-hydrogen) atoms. The molecule has 1 rings (SSSR count). The highest BCUT2D eigenvalue weighted by molar-refractivity contribution is 5.30. The fourth-order valence-electron chi connectivity index (χ4n) is 6.78. The lowest BCUT2D eigenvalue weighted by atomic mass is 10.1. The average Bonchev–Trinajstić information content (AvgIpc) is 3.11. The van der Waals surface area contributed by atoms with Gasteiger partial charge < -0.3 is 24.4 Å². The van der Waals surface area contributed by atoms with E-state index in [0.717, 1.165) is 38.3 Å². The molecule has 1 aromatic carbocycles. The molecule has 0 saturated heterocycles. The van der Waals surface area contributed by atoms with Crippen molar-refractivity contribution in [3.05, 3.63) is 24.3 Å². The van der Waals surface area contributed by atoms with Crippen LogP contribution in [-0.2, 0) is 4.74 Å². The Balaban J connectivity index is 2.70. The van der Waals surface area contributed by atoms with Crippen LogP contribution >= 0.6 is 0 Å². The van der Waals surface area contributed by atoms with Crippen LogP contribution in [0.15, 0.2) is 24.3 Å². The van der Waals surface area contributed by atoms with Gasteiger partial charge in [0, 0.05) is 19.5 Å². The summed E-state index contributed by atoms with van der Waals surface area (Å²) < 4.78 is 12.9. The molecule has 1 N–H and O–H groups in total. The summed E-state index contributed by atoms with van der Waals surface area (Å²) in [6, 6.07) is 7.13. The minimum atomic E-state index is -0.272. The van der Waals surface area contributed by atoms with Crippen LogP contribution in [0.5, 0.6) is 11.5 Å². The molecule has 288 valence electrons. The van der Waals surface area contributed by atoms with E-state index < -0.39 is 0 Å². The van der Waals surface area contributed by atoms with Gasteiger partial charge in [0.1, 0.15) is 11.5 Å². The van der Waals surface area contributed by atoms with Crippen molar-refractivity contribution in [1.82, 2.24) is 9.80 Å². The fraction of sp³-hybridized carbons (Fsp3) is 0.864. The van der Waals surface area contributed by atoms with Gasteiger partial charge in [-0.2, -0.15) is 0 Å². The third kappa shape index (κ3) is 29.0. The van der Waals surface area contributed by atoms with E-state index >= 15 is 0 Å². The van der Waals surface area contributed by atoms with Crippen LogP contribution in [0.1, 0.15) is 195 Å². The van der Waals surface area contributed by atoms with Gasteiger partial charge in [0.15, 0.2) is 0 Å². The minimum absolute atomic E-state index is 0.268. The maximum atomic E-state index is 9.83. The van der Waals surface area contributed by atoms with E-state index in [0.29, 0.717) is 0 Å². The molecular weight excluding hydrogens is 604 g/mol. The number of phenolic OH excluding ortho intramolecular Hbond substituents is 1. The summed E-state index contributed by atoms with van der Waals surface area (Å²) in [4.78, 5) is 5.39. The quantitative estimate of drug-likeness (QED) is 0.0553. The molecule has 0 aliphatic carbocycles. The molecule has 1 atom stereocenters. The van der Waals surface area contributed by atoms with Gasteiger partial charge in [-0.25, -0.2) is 0 Å². The second kappa shape index (κ2) is 35.1. The average molecular weight is 689 g/mol. The summed E-state index contributed by atoms with van der Waals surface area (Å²) >= 11 is 0. The Hall–Kier alpha value is -1.30. The van der Waals surface area contributed by atoms with Gasteiger partial charge in [0.05, 0.1) is 6.61 Å². The third-order valence-corrected chi connectivity index (χ3v) is 10.0.